The Labute approximate surface area is 330 Å². The number of nitrogens with zero attached hydrogens (tertiary/aromatic N) is 1. The molecule has 8 aromatic rings. The van der Waals surface area contributed by atoms with Crippen molar-refractivity contribution in [1.29, 1.82) is 0 Å². The molecule has 0 bridgehead atoms. The zero-order valence-corrected chi connectivity index (χ0v) is 31.9. The lowest BCUT2D eigenvalue weighted by atomic mass is 9.81. The van der Waals surface area contributed by atoms with Gasteiger partial charge in [0.15, 0.2) is 0 Å². The average Bonchev–Trinajstić information content (AvgIpc) is 3.49. The molecule has 0 unspecified atom stereocenters. The Morgan fingerprint density at radius 3 is 1.55 bits per heavy atom. The van der Waals surface area contributed by atoms with Gasteiger partial charge in [0.2, 0.25) is 0 Å². The minimum Gasteiger partial charge on any atom is -0.310 e. The van der Waals surface area contributed by atoms with Crippen molar-refractivity contribution in [3.63, 3.8) is 0 Å². The summed E-state index contributed by atoms with van der Waals surface area (Å²) in [6.45, 7) is 4.75. The molecule has 56 heavy (non-hydrogen) atoms. The number of allylic oxidation sites excluding steroid dienone is 4. The van der Waals surface area contributed by atoms with Crippen LogP contribution in [0.15, 0.2) is 200 Å². The van der Waals surface area contributed by atoms with Crippen LogP contribution in [0.3, 0.4) is 0 Å². The first-order chi connectivity index (χ1) is 27.5. The van der Waals surface area contributed by atoms with Gasteiger partial charge in [0, 0.05) is 22.5 Å². The smallest absolute Gasteiger partial charge is 0.0465 e. The average molecular weight is 718 g/mol. The summed E-state index contributed by atoms with van der Waals surface area (Å²) in [5.41, 5.74) is 18.7. The number of hydrogen-bond acceptors (Lipinski definition) is 1. The quantitative estimate of drug-likeness (QED) is 0.159. The number of para-hydroxylation sites is 1. The van der Waals surface area contributed by atoms with Gasteiger partial charge >= 0.3 is 0 Å². The molecule has 2 aliphatic rings. The molecule has 0 amide bonds. The molecule has 1 nitrogen and oxygen atoms in total. The molecule has 0 radical (unpaired) electrons. The lowest BCUT2D eigenvalue weighted by molar-refractivity contribution is 0.660. The van der Waals surface area contributed by atoms with E-state index < -0.39 is 0 Å². The van der Waals surface area contributed by atoms with E-state index in [1.807, 2.05) is 0 Å². The van der Waals surface area contributed by atoms with Crippen LogP contribution in [0.5, 0.6) is 0 Å². The number of benzene rings is 8. The van der Waals surface area contributed by atoms with Crippen molar-refractivity contribution >= 4 is 33.4 Å². The zero-order chi connectivity index (χ0) is 37.6. The maximum Gasteiger partial charge on any atom is 0.0465 e. The van der Waals surface area contributed by atoms with Crippen LogP contribution in [0.4, 0.5) is 17.1 Å². The van der Waals surface area contributed by atoms with Gasteiger partial charge in [-0.2, -0.15) is 0 Å². The first-order valence-corrected chi connectivity index (χ1v) is 19.8. The molecule has 10 rings (SSSR count). The molecule has 0 aromatic heterocycles. The third kappa shape index (κ3) is 6.06. The second-order valence-corrected chi connectivity index (χ2v) is 15.7. The normalized spacial score (nSPS) is 13.9. The van der Waals surface area contributed by atoms with Gasteiger partial charge in [-0.25, -0.2) is 0 Å². The molecule has 0 heterocycles. The van der Waals surface area contributed by atoms with Crippen molar-refractivity contribution in [2.75, 3.05) is 4.90 Å². The molecule has 0 aliphatic heterocycles. The van der Waals surface area contributed by atoms with E-state index in [4.69, 9.17) is 0 Å². The lowest BCUT2D eigenvalue weighted by Gasteiger charge is -2.28. The Hall–Kier alpha value is -6.70. The standard InChI is InChI=1S/C55H43N/c1-55(2)53-36-47(46-26-25-39-13-9-10-14-45(39)35-46)29-33-51(53)52-34-32-50(37-54(52)55)56(48-15-7-4-8-16-48)49-30-27-44(28-31-49)43-23-21-42(22-24-43)41-19-17-40(18-20-41)38-11-5-3-6-12-38/h4-5,7-37H,3,6H2,1-2H3. The fraction of sp³-hybridized carbons (Fsp3) is 0.0909. The summed E-state index contributed by atoms with van der Waals surface area (Å²) in [7, 11) is 0. The highest BCUT2D eigenvalue weighted by atomic mass is 15.1. The van der Waals surface area contributed by atoms with Crippen LogP contribution < -0.4 is 4.90 Å². The molecule has 268 valence electrons. The molecule has 0 fully saturated rings. The van der Waals surface area contributed by atoms with E-state index in [9.17, 15) is 0 Å². The highest BCUT2D eigenvalue weighted by molar-refractivity contribution is 5.90. The highest BCUT2D eigenvalue weighted by Gasteiger charge is 2.36. The Balaban J connectivity index is 0.940. The zero-order valence-electron chi connectivity index (χ0n) is 31.9. The van der Waals surface area contributed by atoms with E-state index in [1.54, 1.807) is 0 Å². The van der Waals surface area contributed by atoms with E-state index in [-0.39, 0.29) is 5.41 Å². The van der Waals surface area contributed by atoms with Crippen LogP contribution in [0.1, 0.15) is 43.4 Å². The van der Waals surface area contributed by atoms with E-state index in [1.165, 1.54) is 77.5 Å². The third-order valence-electron chi connectivity index (χ3n) is 11.9. The van der Waals surface area contributed by atoms with Gasteiger partial charge in [-0.05, 0) is 139 Å². The molecule has 0 saturated carbocycles. The maximum atomic E-state index is 2.42. The van der Waals surface area contributed by atoms with Crippen molar-refractivity contribution in [3.05, 3.63) is 217 Å². The largest absolute Gasteiger partial charge is 0.310 e. The molecule has 0 atom stereocenters. The molecule has 0 N–H and O–H groups in total. The number of hydrogen-bond donors (Lipinski definition) is 0. The Bertz CT molecular complexity index is 2780. The van der Waals surface area contributed by atoms with Crippen molar-refractivity contribution in [2.45, 2.75) is 32.1 Å². The predicted molar refractivity (Wildman–Crippen MR) is 239 cm³/mol. The van der Waals surface area contributed by atoms with Gasteiger partial charge in [0.05, 0.1) is 0 Å². The monoisotopic (exact) mass is 717 g/mol. The maximum absolute atomic E-state index is 2.42. The number of rotatable bonds is 7. The summed E-state index contributed by atoms with van der Waals surface area (Å²) in [6.07, 6.45) is 9.10. The molecule has 8 aromatic carbocycles. The summed E-state index contributed by atoms with van der Waals surface area (Å²) < 4.78 is 0. The second-order valence-electron chi connectivity index (χ2n) is 15.7. The van der Waals surface area contributed by atoms with Gasteiger partial charge in [-0.1, -0.05) is 166 Å². The van der Waals surface area contributed by atoms with Crippen LogP contribution in [0, 0.1) is 0 Å². The SMILES string of the molecule is CC1(C)c2cc(-c3ccc4ccccc4c3)ccc2-c2ccc(N(c3ccccc3)c3ccc(-c4ccc(-c5ccc(C6=CCCC=C6)cc5)cc4)cc3)cc21. The van der Waals surface area contributed by atoms with Gasteiger partial charge < -0.3 is 4.90 Å². The minimum absolute atomic E-state index is 0.155. The van der Waals surface area contributed by atoms with Crippen molar-refractivity contribution in [2.24, 2.45) is 0 Å². The fourth-order valence-corrected chi connectivity index (χ4v) is 8.78. The van der Waals surface area contributed by atoms with Gasteiger partial charge in [0.1, 0.15) is 0 Å². The molecule has 2 aliphatic carbocycles. The number of fused-ring (bicyclic) bond motifs is 4. The first kappa shape index (κ1) is 33.8. The number of anilines is 3. The van der Waals surface area contributed by atoms with Crippen LogP contribution in [0.25, 0.3) is 60.9 Å². The van der Waals surface area contributed by atoms with E-state index in [0.717, 1.165) is 29.9 Å². The Morgan fingerprint density at radius 2 is 0.893 bits per heavy atom. The van der Waals surface area contributed by atoms with Gasteiger partial charge in [-0.3, -0.25) is 0 Å². The van der Waals surface area contributed by atoms with E-state index >= 15 is 0 Å². The van der Waals surface area contributed by atoms with E-state index in [2.05, 4.69) is 219 Å². The van der Waals surface area contributed by atoms with Gasteiger partial charge in [-0.15, -0.1) is 0 Å². The molecular weight excluding hydrogens is 675 g/mol. The topological polar surface area (TPSA) is 3.24 Å². The van der Waals surface area contributed by atoms with Crippen LogP contribution in [0.2, 0.25) is 0 Å². The lowest BCUT2D eigenvalue weighted by Crippen LogP contribution is -2.16. The summed E-state index contributed by atoms with van der Waals surface area (Å²) in [5, 5.41) is 2.54. The van der Waals surface area contributed by atoms with Gasteiger partial charge in [0.25, 0.3) is 0 Å². The second kappa shape index (κ2) is 13.9. The molecular formula is C55H43N. The minimum atomic E-state index is -0.155. The third-order valence-corrected chi connectivity index (χ3v) is 11.9. The fourth-order valence-electron chi connectivity index (χ4n) is 8.78. The Morgan fingerprint density at radius 1 is 0.393 bits per heavy atom. The van der Waals surface area contributed by atoms with Crippen molar-refractivity contribution in [1.82, 2.24) is 0 Å². The first-order valence-electron chi connectivity index (χ1n) is 19.8. The summed E-state index contributed by atoms with van der Waals surface area (Å²) in [4.78, 5) is 2.38. The molecule has 0 saturated heterocycles. The highest BCUT2D eigenvalue weighted by Crippen LogP contribution is 2.51. The summed E-state index contributed by atoms with van der Waals surface area (Å²) >= 11 is 0. The molecule has 1 heteroatoms. The summed E-state index contributed by atoms with van der Waals surface area (Å²) in [5.74, 6) is 0. The Kier molecular flexibility index (Phi) is 8.37. The van der Waals surface area contributed by atoms with E-state index in [0.29, 0.717) is 0 Å². The predicted octanol–water partition coefficient (Wildman–Crippen LogP) is 15.4. The molecule has 0 spiro atoms. The van der Waals surface area contributed by atoms with Crippen LogP contribution in [-0.2, 0) is 5.41 Å². The van der Waals surface area contributed by atoms with Crippen LogP contribution in [-0.4, -0.2) is 0 Å². The van der Waals surface area contributed by atoms with Crippen LogP contribution >= 0.6 is 0 Å². The van der Waals surface area contributed by atoms with Crippen molar-refractivity contribution < 1.29 is 0 Å². The van der Waals surface area contributed by atoms with Crippen molar-refractivity contribution in [3.8, 4) is 44.5 Å². The summed E-state index contributed by atoms with van der Waals surface area (Å²) in [6, 6.07) is 67.2.